The molecule has 0 saturated carbocycles. The highest BCUT2D eigenvalue weighted by molar-refractivity contribution is 5.90. The van der Waals surface area contributed by atoms with Gasteiger partial charge in [0.25, 0.3) is 0 Å². The van der Waals surface area contributed by atoms with Crippen LogP contribution in [0.1, 0.15) is 11.5 Å². The van der Waals surface area contributed by atoms with Crippen molar-refractivity contribution in [1.82, 2.24) is 5.32 Å². The van der Waals surface area contributed by atoms with E-state index in [0.717, 1.165) is 11.3 Å². The van der Waals surface area contributed by atoms with Gasteiger partial charge in [-0.1, -0.05) is 30.3 Å². The number of anilines is 1. The SMILES string of the molecule is COc1ccccc1NC(=O)NC[C@H]1COc2ccccc21. The van der Waals surface area contributed by atoms with Crippen LogP contribution in [0.5, 0.6) is 11.5 Å². The summed E-state index contributed by atoms with van der Waals surface area (Å²) in [5.74, 6) is 1.71. The van der Waals surface area contributed by atoms with Crippen molar-refractivity contribution < 1.29 is 14.3 Å². The molecule has 1 aliphatic rings. The van der Waals surface area contributed by atoms with Gasteiger partial charge in [-0.05, 0) is 18.2 Å². The van der Waals surface area contributed by atoms with E-state index in [1.165, 1.54) is 0 Å². The van der Waals surface area contributed by atoms with Gasteiger partial charge in [0.1, 0.15) is 11.5 Å². The Bertz CT molecular complexity index is 672. The second kappa shape index (κ2) is 6.39. The van der Waals surface area contributed by atoms with Crippen LogP contribution in [0.25, 0.3) is 0 Å². The Morgan fingerprint density at radius 2 is 2.00 bits per heavy atom. The summed E-state index contributed by atoms with van der Waals surface area (Å²) in [7, 11) is 1.57. The van der Waals surface area contributed by atoms with Gasteiger partial charge in [-0.3, -0.25) is 0 Å². The minimum Gasteiger partial charge on any atom is -0.495 e. The molecule has 5 nitrogen and oxygen atoms in total. The molecule has 0 saturated heterocycles. The average molecular weight is 298 g/mol. The van der Waals surface area contributed by atoms with Crippen LogP contribution in [0.2, 0.25) is 0 Å². The number of fused-ring (bicyclic) bond motifs is 1. The molecular weight excluding hydrogens is 280 g/mol. The van der Waals surface area contributed by atoms with E-state index in [2.05, 4.69) is 10.6 Å². The summed E-state index contributed by atoms with van der Waals surface area (Å²) in [5, 5.41) is 5.67. The number of nitrogens with one attached hydrogen (secondary N) is 2. The van der Waals surface area contributed by atoms with Gasteiger partial charge in [-0.25, -0.2) is 4.79 Å². The van der Waals surface area contributed by atoms with Crippen molar-refractivity contribution >= 4 is 11.7 Å². The first-order chi connectivity index (χ1) is 10.8. The molecule has 0 bridgehead atoms. The van der Waals surface area contributed by atoms with Gasteiger partial charge in [-0.15, -0.1) is 0 Å². The molecular formula is C17H18N2O3. The topological polar surface area (TPSA) is 59.6 Å². The monoisotopic (exact) mass is 298 g/mol. The number of hydrogen-bond donors (Lipinski definition) is 2. The third-order valence-electron chi connectivity index (χ3n) is 3.66. The van der Waals surface area contributed by atoms with Gasteiger partial charge in [0.2, 0.25) is 0 Å². The largest absolute Gasteiger partial charge is 0.495 e. The number of hydrogen-bond acceptors (Lipinski definition) is 3. The fraction of sp³-hybridized carbons (Fsp3) is 0.235. The molecule has 22 heavy (non-hydrogen) atoms. The number of carbonyl (C=O) groups excluding carboxylic acids is 1. The number of para-hydroxylation sites is 3. The van der Waals surface area contributed by atoms with Crippen molar-refractivity contribution in [3.05, 3.63) is 54.1 Å². The summed E-state index contributed by atoms with van der Waals surface area (Å²) in [4.78, 5) is 12.0. The number of ether oxygens (including phenoxy) is 2. The maximum Gasteiger partial charge on any atom is 0.319 e. The van der Waals surface area contributed by atoms with Crippen LogP contribution < -0.4 is 20.1 Å². The minimum absolute atomic E-state index is 0.180. The molecule has 0 fully saturated rings. The lowest BCUT2D eigenvalue weighted by Crippen LogP contribution is -2.32. The van der Waals surface area contributed by atoms with E-state index in [1.54, 1.807) is 19.2 Å². The number of urea groups is 1. The molecule has 1 aliphatic heterocycles. The average Bonchev–Trinajstić information content (AvgIpc) is 2.97. The van der Waals surface area contributed by atoms with E-state index < -0.39 is 0 Å². The Labute approximate surface area is 129 Å². The first-order valence-electron chi connectivity index (χ1n) is 7.17. The lowest BCUT2D eigenvalue weighted by atomic mass is 10.0. The fourth-order valence-electron chi connectivity index (χ4n) is 2.53. The number of carbonyl (C=O) groups is 1. The molecule has 0 unspecified atom stereocenters. The lowest BCUT2D eigenvalue weighted by molar-refractivity contribution is 0.250. The molecule has 0 aliphatic carbocycles. The van der Waals surface area contributed by atoms with E-state index >= 15 is 0 Å². The van der Waals surface area contributed by atoms with Crippen molar-refractivity contribution in [1.29, 1.82) is 0 Å². The fourth-order valence-corrected chi connectivity index (χ4v) is 2.53. The maximum absolute atomic E-state index is 12.0. The van der Waals surface area contributed by atoms with Crippen molar-refractivity contribution in [2.45, 2.75) is 5.92 Å². The highest BCUT2D eigenvalue weighted by Crippen LogP contribution is 2.32. The zero-order valence-electron chi connectivity index (χ0n) is 12.3. The smallest absolute Gasteiger partial charge is 0.319 e. The number of methoxy groups -OCH3 is 1. The van der Waals surface area contributed by atoms with Crippen LogP contribution in [0.4, 0.5) is 10.5 Å². The molecule has 2 aromatic carbocycles. The van der Waals surface area contributed by atoms with E-state index in [-0.39, 0.29) is 11.9 Å². The van der Waals surface area contributed by atoms with Crippen molar-refractivity contribution in [2.24, 2.45) is 0 Å². The van der Waals surface area contributed by atoms with E-state index in [1.807, 2.05) is 36.4 Å². The molecule has 3 rings (SSSR count). The number of benzene rings is 2. The Balaban J connectivity index is 1.57. The summed E-state index contributed by atoms with van der Waals surface area (Å²) in [6.07, 6.45) is 0. The van der Waals surface area contributed by atoms with Crippen LogP contribution in [0.15, 0.2) is 48.5 Å². The second-order valence-electron chi connectivity index (χ2n) is 5.08. The van der Waals surface area contributed by atoms with Crippen LogP contribution in [-0.2, 0) is 0 Å². The summed E-state index contributed by atoms with van der Waals surface area (Å²) >= 11 is 0. The molecule has 2 N–H and O–H groups in total. The van der Waals surface area contributed by atoms with Gasteiger partial charge in [0, 0.05) is 18.0 Å². The van der Waals surface area contributed by atoms with Crippen molar-refractivity contribution in [2.75, 3.05) is 25.6 Å². The maximum atomic E-state index is 12.0. The predicted molar refractivity (Wildman–Crippen MR) is 84.7 cm³/mol. The summed E-state index contributed by atoms with van der Waals surface area (Å²) in [6.45, 7) is 1.12. The normalized spacial score (nSPS) is 15.6. The number of amides is 2. The molecule has 0 radical (unpaired) electrons. The quantitative estimate of drug-likeness (QED) is 0.912. The molecule has 1 atom stereocenters. The first kappa shape index (κ1) is 14.3. The minimum atomic E-state index is -0.256. The third kappa shape index (κ3) is 2.98. The summed E-state index contributed by atoms with van der Waals surface area (Å²) in [6, 6.07) is 15.0. The first-order valence-corrected chi connectivity index (χ1v) is 7.17. The second-order valence-corrected chi connectivity index (χ2v) is 5.08. The zero-order valence-corrected chi connectivity index (χ0v) is 12.3. The van der Waals surface area contributed by atoms with Gasteiger partial charge >= 0.3 is 6.03 Å². The Morgan fingerprint density at radius 3 is 2.86 bits per heavy atom. The van der Waals surface area contributed by atoms with E-state index in [0.29, 0.717) is 24.6 Å². The third-order valence-corrected chi connectivity index (χ3v) is 3.66. The summed E-state index contributed by atoms with van der Waals surface area (Å²) < 4.78 is 10.8. The van der Waals surface area contributed by atoms with Gasteiger partial charge in [0.15, 0.2) is 0 Å². The lowest BCUT2D eigenvalue weighted by Gasteiger charge is -2.13. The highest BCUT2D eigenvalue weighted by atomic mass is 16.5. The molecule has 0 spiro atoms. The summed E-state index contributed by atoms with van der Waals surface area (Å²) in [5.41, 5.74) is 1.78. The van der Waals surface area contributed by atoms with Gasteiger partial charge in [0.05, 0.1) is 19.4 Å². The molecule has 5 heteroatoms. The van der Waals surface area contributed by atoms with Gasteiger partial charge in [-0.2, -0.15) is 0 Å². The Kier molecular flexibility index (Phi) is 4.14. The number of rotatable bonds is 4. The zero-order chi connectivity index (χ0) is 15.4. The molecule has 0 aromatic heterocycles. The highest BCUT2D eigenvalue weighted by Gasteiger charge is 2.23. The van der Waals surface area contributed by atoms with Crippen LogP contribution in [0, 0.1) is 0 Å². The van der Waals surface area contributed by atoms with Crippen molar-refractivity contribution in [3.63, 3.8) is 0 Å². The molecule has 2 aromatic rings. The predicted octanol–water partition coefficient (Wildman–Crippen LogP) is 2.99. The van der Waals surface area contributed by atoms with E-state index in [4.69, 9.17) is 9.47 Å². The molecule has 2 amide bonds. The van der Waals surface area contributed by atoms with Gasteiger partial charge < -0.3 is 20.1 Å². The van der Waals surface area contributed by atoms with E-state index in [9.17, 15) is 4.79 Å². The van der Waals surface area contributed by atoms with Crippen LogP contribution in [-0.4, -0.2) is 26.3 Å². The van der Waals surface area contributed by atoms with Crippen LogP contribution in [0.3, 0.4) is 0 Å². The van der Waals surface area contributed by atoms with Crippen LogP contribution >= 0.6 is 0 Å². The molecule has 1 heterocycles. The van der Waals surface area contributed by atoms with Crippen molar-refractivity contribution in [3.8, 4) is 11.5 Å². The Morgan fingerprint density at radius 1 is 1.23 bits per heavy atom. The molecule has 114 valence electrons. The standard InChI is InChI=1S/C17H18N2O3/c1-21-16-9-5-3-7-14(16)19-17(20)18-10-12-11-22-15-8-4-2-6-13(12)15/h2-9,12H,10-11H2,1H3,(H2,18,19,20)/t12-/m0/s1. The Hall–Kier alpha value is -2.69.